The quantitative estimate of drug-likeness (QED) is 0.201. The highest BCUT2D eigenvalue weighted by Gasteiger charge is 2.12. The van der Waals surface area contributed by atoms with E-state index < -0.39 is 0 Å². The highest BCUT2D eigenvalue weighted by molar-refractivity contribution is 5.69. The first-order valence-corrected chi connectivity index (χ1v) is 11.5. The molecule has 0 radical (unpaired) electrons. The molecule has 3 nitrogen and oxygen atoms in total. The number of hydrogen-bond acceptors (Lipinski definition) is 3. The summed E-state index contributed by atoms with van der Waals surface area (Å²) in [4.78, 5) is 12.0. The summed E-state index contributed by atoms with van der Waals surface area (Å²) >= 11 is 0. The third-order valence-corrected chi connectivity index (χ3v) is 5.22. The Kier molecular flexibility index (Phi) is 18.8. The van der Waals surface area contributed by atoms with Crippen molar-refractivity contribution in [3.05, 3.63) is 0 Å². The van der Waals surface area contributed by atoms with Crippen molar-refractivity contribution in [2.45, 2.75) is 130 Å². The number of aliphatic hydroxyl groups excluding tert-OH is 1. The van der Waals surface area contributed by atoms with E-state index in [1.165, 1.54) is 64.2 Å². The molecule has 0 spiro atoms. The normalized spacial score (nSPS) is 12.5. The van der Waals surface area contributed by atoms with Crippen LogP contribution in [-0.2, 0) is 9.53 Å². The van der Waals surface area contributed by atoms with Gasteiger partial charge in [-0.15, -0.1) is 0 Å². The van der Waals surface area contributed by atoms with E-state index in [9.17, 15) is 9.90 Å². The van der Waals surface area contributed by atoms with Crippen LogP contribution in [0, 0.1) is 5.92 Å². The van der Waals surface area contributed by atoms with Crippen LogP contribution in [0.2, 0.25) is 0 Å². The molecular weight excluding hydrogens is 324 g/mol. The summed E-state index contributed by atoms with van der Waals surface area (Å²) in [5, 5.41) is 9.91. The zero-order valence-electron chi connectivity index (χ0n) is 17.9. The molecule has 156 valence electrons. The van der Waals surface area contributed by atoms with Crippen LogP contribution >= 0.6 is 0 Å². The lowest BCUT2D eigenvalue weighted by atomic mass is 9.96. The number of rotatable bonds is 19. The fourth-order valence-corrected chi connectivity index (χ4v) is 3.38. The number of ether oxygens (including phenoxy) is 1. The Hall–Kier alpha value is -0.570. The second-order valence-electron chi connectivity index (χ2n) is 7.94. The van der Waals surface area contributed by atoms with Crippen LogP contribution in [0.15, 0.2) is 0 Å². The summed E-state index contributed by atoms with van der Waals surface area (Å²) in [6, 6.07) is 0. The summed E-state index contributed by atoms with van der Waals surface area (Å²) in [7, 11) is 0. The Bertz CT molecular complexity index is 294. The lowest BCUT2D eigenvalue weighted by Crippen LogP contribution is -2.15. The van der Waals surface area contributed by atoms with Crippen LogP contribution < -0.4 is 0 Å². The van der Waals surface area contributed by atoms with Crippen molar-refractivity contribution in [2.75, 3.05) is 6.61 Å². The second kappa shape index (κ2) is 19.2. The molecule has 0 aromatic carbocycles. The molecule has 0 aliphatic carbocycles. The highest BCUT2D eigenvalue weighted by atomic mass is 16.5. The van der Waals surface area contributed by atoms with E-state index in [0.717, 1.165) is 32.1 Å². The van der Waals surface area contributed by atoms with Crippen molar-refractivity contribution in [2.24, 2.45) is 5.92 Å². The molecule has 0 aromatic heterocycles. The summed E-state index contributed by atoms with van der Waals surface area (Å²) in [5.41, 5.74) is 0. The fraction of sp³-hybridized carbons (Fsp3) is 0.957. The van der Waals surface area contributed by atoms with Crippen LogP contribution in [-0.4, -0.2) is 23.8 Å². The molecule has 0 amide bonds. The molecule has 1 unspecified atom stereocenters. The van der Waals surface area contributed by atoms with Gasteiger partial charge in [-0.25, -0.2) is 0 Å². The van der Waals surface area contributed by atoms with Gasteiger partial charge >= 0.3 is 5.97 Å². The molecule has 0 fully saturated rings. The number of unbranched alkanes of at least 4 members (excludes halogenated alkanes) is 7. The predicted octanol–water partition coefficient (Wildman–Crippen LogP) is 6.81. The fourth-order valence-electron chi connectivity index (χ4n) is 3.38. The SMILES string of the molecule is CCCCCC(O)CCCCC(=O)OCC(CCCCC)CCCCC. The smallest absolute Gasteiger partial charge is 0.305 e. The minimum Gasteiger partial charge on any atom is -0.465 e. The Morgan fingerprint density at radius 1 is 0.731 bits per heavy atom. The van der Waals surface area contributed by atoms with Gasteiger partial charge in [0.2, 0.25) is 0 Å². The first-order valence-electron chi connectivity index (χ1n) is 11.5. The Labute approximate surface area is 163 Å². The average Bonchev–Trinajstić information content (AvgIpc) is 2.63. The molecule has 0 heterocycles. The van der Waals surface area contributed by atoms with Crippen molar-refractivity contribution in [3.8, 4) is 0 Å². The largest absolute Gasteiger partial charge is 0.465 e. The van der Waals surface area contributed by atoms with Gasteiger partial charge in [-0.1, -0.05) is 85.0 Å². The number of carbonyl (C=O) groups is 1. The third-order valence-electron chi connectivity index (χ3n) is 5.22. The lowest BCUT2D eigenvalue weighted by Gasteiger charge is -2.17. The van der Waals surface area contributed by atoms with Gasteiger partial charge in [0, 0.05) is 6.42 Å². The number of aliphatic hydroxyl groups is 1. The van der Waals surface area contributed by atoms with Gasteiger partial charge in [0.05, 0.1) is 12.7 Å². The standard InChI is InChI=1S/C23H46O3/c1-4-7-10-15-21(16-11-8-5-2)20-26-23(25)19-14-13-18-22(24)17-12-9-6-3/h21-22,24H,4-20H2,1-3H3. The predicted molar refractivity (Wildman–Crippen MR) is 111 cm³/mol. The first kappa shape index (κ1) is 25.4. The molecule has 0 rings (SSSR count). The zero-order valence-corrected chi connectivity index (χ0v) is 17.9. The topological polar surface area (TPSA) is 46.5 Å². The van der Waals surface area contributed by atoms with E-state index >= 15 is 0 Å². The van der Waals surface area contributed by atoms with E-state index in [1.807, 2.05) is 0 Å². The number of esters is 1. The monoisotopic (exact) mass is 370 g/mol. The molecule has 0 saturated heterocycles. The zero-order chi connectivity index (χ0) is 19.5. The van der Waals surface area contributed by atoms with Crippen LogP contribution in [0.4, 0.5) is 0 Å². The minimum atomic E-state index is -0.195. The molecule has 0 aliphatic rings. The van der Waals surface area contributed by atoms with Gasteiger partial charge in [0.1, 0.15) is 0 Å². The molecule has 1 N–H and O–H groups in total. The molecule has 3 heteroatoms. The molecule has 26 heavy (non-hydrogen) atoms. The van der Waals surface area contributed by atoms with Gasteiger partial charge in [0.25, 0.3) is 0 Å². The maximum absolute atomic E-state index is 12.0. The van der Waals surface area contributed by atoms with Crippen LogP contribution in [0.5, 0.6) is 0 Å². The van der Waals surface area contributed by atoms with E-state index in [-0.39, 0.29) is 12.1 Å². The lowest BCUT2D eigenvalue weighted by molar-refractivity contribution is -0.145. The molecule has 0 saturated carbocycles. The first-order chi connectivity index (χ1) is 12.6. The Morgan fingerprint density at radius 2 is 1.19 bits per heavy atom. The van der Waals surface area contributed by atoms with Crippen LogP contribution in [0.1, 0.15) is 124 Å². The van der Waals surface area contributed by atoms with E-state index in [0.29, 0.717) is 18.9 Å². The Morgan fingerprint density at radius 3 is 1.69 bits per heavy atom. The van der Waals surface area contributed by atoms with E-state index in [1.54, 1.807) is 0 Å². The third kappa shape index (κ3) is 16.9. The molecule has 0 bridgehead atoms. The van der Waals surface area contributed by atoms with Gasteiger partial charge < -0.3 is 9.84 Å². The summed E-state index contributed by atoms with van der Waals surface area (Å²) < 4.78 is 5.55. The number of carbonyl (C=O) groups excluding carboxylic acids is 1. The molecule has 0 aliphatic heterocycles. The van der Waals surface area contributed by atoms with Crippen molar-refractivity contribution in [1.82, 2.24) is 0 Å². The Balaban J connectivity index is 3.81. The molecular formula is C23H46O3. The van der Waals surface area contributed by atoms with E-state index in [4.69, 9.17) is 4.74 Å². The van der Waals surface area contributed by atoms with Gasteiger partial charge in [-0.05, 0) is 38.0 Å². The van der Waals surface area contributed by atoms with Gasteiger partial charge in [-0.2, -0.15) is 0 Å². The van der Waals surface area contributed by atoms with Gasteiger partial charge in [-0.3, -0.25) is 4.79 Å². The number of hydrogen-bond donors (Lipinski definition) is 1. The average molecular weight is 371 g/mol. The summed E-state index contributed by atoms with van der Waals surface area (Å²) in [6.45, 7) is 7.24. The van der Waals surface area contributed by atoms with Crippen molar-refractivity contribution in [1.29, 1.82) is 0 Å². The van der Waals surface area contributed by atoms with E-state index in [2.05, 4.69) is 20.8 Å². The van der Waals surface area contributed by atoms with Crippen molar-refractivity contribution in [3.63, 3.8) is 0 Å². The van der Waals surface area contributed by atoms with Crippen molar-refractivity contribution < 1.29 is 14.6 Å². The summed E-state index contributed by atoms with van der Waals surface area (Å²) in [5.74, 6) is 0.485. The molecule has 0 aromatic rings. The summed E-state index contributed by atoms with van der Waals surface area (Å²) in [6.07, 6.45) is 17.2. The minimum absolute atomic E-state index is 0.0542. The second-order valence-corrected chi connectivity index (χ2v) is 7.94. The molecule has 1 atom stereocenters. The maximum atomic E-state index is 12.0. The van der Waals surface area contributed by atoms with Crippen LogP contribution in [0.25, 0.3) is 0 Å². The maximum Gasteiger partial charge on any atom is 0.305 e. The van der Waals surface area contributed by atoms with Gasteiger partial charge in [0.15, 0.2) is 0 Å². The highest BCUT2D eigenvalue weighted by Crippen LogP contribution is 2.18. The van der Waals surface area contributed by atoms with Crippen LogP contribution in [0.3, 0.4) is 0 Å². The van der Waals surface area contributed by atoms with Crippen molar-refractivity contribution >= 4 is 5.97 Å².